The highest BCUT2D eigenvalue weighted by molar-refractivity contribution is 7.22. The third kappa shape index (κ3) is 3.80. The number of rotatable bonds is 8. The molecule has 2 aliphatic carbocycles. The molecule has 4 fully saturated rings. The lowest BCUT2D eigenvalue weighted by Crippen LogP contribution is -2.45. The highest BCUT2D eigenvalue weighted by Gasteiger charge is 2.43. The number of aromatic nitrogens is 2. The molecule has 4 aliphatic rings. The van der Waals surface area contributed by atoms with Gasteiger partial charge in [-0.3, -0.25) is 0 Å². The molecule has 2 bridgehead atoms. The number of carbonyl (C=O) groups is 1. The fourth-order valence-electron chi connectivity index (χ4n) is 5.98. The second kappa shape index (κ2) is 8.20. The Kier molecular flexibility index (Phi) is 5.06. The molecule has 0 radical (unpaired) electrons. The zero-order valence-corrected chi connectivity index (χ0v) is 20.6. The van der Waals surface area contributed by atoms with Crippen LogP contribution in [0.4, 0.5) is 5.13 Å². The Bertz CT molecular complexity index is 1250. The molecule has 2 aromatic heterocycles. The van der Waals surface area contributed by atoms with Gasteiger partial charge in [0, 0.05) is 29.5 Å². The zero-order chi connectivity index (χ0) is 23.7. The number of piperidine rings is 1. The van der Waals surface area contributed by atoms with E-state index < -0.39 is 5.97 Å². The molecule has 4 heterocycles. The largest absolute Gasteiger partial charge is 0.494 e. The van der Waals surface area contributed by atoms with E-state index >= 15 is 0 Å². The van der Waals surface area contributed by atoms with Crippen molar-refractivity contribution >= 4 is 32.7 Å². The summed E-state index contributed by atoms with van der Waals surface area (Å²) in [6.45, 7) is 0.613. The first-order chi connectivity index (χ1) is 17.1. The van der Waals surface area contributed by atoms with Gasteiger partial charge in [-0.2, -0.15) is 0 Å². The Morgan fingerprint density at radius 3 is 2.54 bits per heavy atom. The van der Waals surface area contributed by atoms with Crippen LogP contribution in [0.15, 0.2) is 16.7 Å². The van der Waals surface area contributed by atoms with Gasteiger partial charge in [-0.15, -0.1) is 0 Å². The number of ether oxygens (including phenoxy) is 2. The summed E-state index contributed by atoms with van der Waals surface area (Å²) in [5.74, 6) is 1.75. The Labute approximate surface area is 207 Å². The van der Waals surface area contributed by atoms with E-state index in [4.69, 9.17) is 19.0 Å². The lowest BCUT2D eigenvalue weighted by molar-refractivity contribution is 0.0142. The van der Waals surface area contributed by atoms with E-state index in [0.717, 1.165) is 52.5 Å². The molecule has 7 rings (SSSR count). The van der Waals surface area contributed by atoms with Crippen molar-refractivity contribution < 1.29 is 23.9 Å². The number of nitrogens with zero attached hydrogens (tertiary/aromatic N) is 3. The Balaban J connectivity index is 1.09. The Morgan fingerprint density at radius 2 is 1.89 bits per heavy atom. The Hall–Kier alpha value is -2.65. The van der Waals surface area contributed by atoms with Gasteiger partial charge in [0.25, 0.3) is 0 Å². The van der Waals surface area contributed by atoms with Gasteiger partial charge in [0.1, 0.15) is 17.0 Å². The molecule has 2 saturated carbocycles. The zero-order valence-electron chi connectivity index (χ0n) is 19.7. The number of methoxy groups -OCH3 is 1. The summed E-state index contributed by atoms with van der Waals surface area (Å²) in [6.07, 6.45) is 9.28. The van der Waals surface area contributed by atoms with Gasteiger partial charge in [-0.1, -0.05) is 16.5 Å². The number of benzene rings is 1. The van der Waals surface area contributed by atoms with Gasteiger partial charge in [0.05, 0.1) is 35.8 Å². The first-order valence-electron chi connectivity index (χ1n) is 12.7. The van der Waals surface area contributed by atoms with Crippen molar-refractivity contribution in [3.63, 3.8) is 0 Å². The maximum Gasteiger partial charge on any atom is 0.335 e. The molecule has 9 heteroatoms. The normalized spacial score (nSPS) is 26.0. The molecular formula is C26H29N3O5S. The van der Waals surface area contributed by atoms with E-state index in [2.05, 4.69) is 10.1 Å². The summed E-state index contributed by atoms with van der Waals surface area (Å²) in [7, 11) is 1.56. The number of carboxylic acids is 1. The monoisotopic (exact) mass is 495 g/mol. The molecule has 2 atom stereocenters. The van der Waals surface area contributed by atoms with Gasteiger partial charge >= 0.3 is 5.97 Å². The minimum absolute atomic E-state index is 0.222. The summed E-state index contributed by atoms with van der Waals surface area (Å²) in [4.78, 5) is 18.9. The standard InChI is InChI=1S/C26H29N3O5S/c1-32-20-8-15(25(30)31)9-21-23(20)27-26(35-21)29-16-6-7-17(29)11-18(10-16)33-12-19-22(13-2-3-13)28-34-24(19)14-4-5-14/h8-9,13-14,16-18H,2-7,10-12H2,1H3,(H,30,31)/t16-,17-/m0/s1. The van der Waals surface area contributed by atoms with Crippen molar-refractivity contribution in [3.8, 4) is 5.75 Å². The summed E-state index contributed by atoms with van der Waals surface area (Å²) >= 11 is 1.56. The molecule has 1 aromatic carbocycles. The number of carboxylic acid groups (broad SMARTS) is 1. The number of hydrogen-bond donors (Lipinski definition) is 1. The maximum atomic E-state index is 11.5. The lowest BCUT2D eigenvalue weighted by Gasteiger charge is -2.38. The van der Waals surface area contributed by atoms with Crippen molar-refractivity contribution in [3.05, 3.63) is 34.7 Å². The van der Waals surface area contributed by atoms with Crippen molar-refractivity contribution in [2.45, 2.75) is 88.0 Å². The van der Waals surface area contributed by atoms with Crippen LogP contribution in [0.3, 0.4) is 0 Å². The minimum atomic E-state index is -0.958. The third-order valence-corrected chi connectivity index (χ3v) is 9.07. The molecule has 0 unspecified atom stereocenters. The topological polar surface area (TPSA) is 97.9 Å². The summed E-state index contributed by atoms with van der Waals surface area (Å²) in [5, 5.41) is 14.8. The van der Waals surface area contributed by atoms with Crippen molar-refractivity contribution in [1.29, 1.82) is 0 Å². The molecule has 3 aromatic rings. The average Bonchev–Trinajstić information content (AvgIpc) is 3.77. The van der Waals surface area contributed by atoms with Crippen LogP contribution in [-0.4, -0.2) is 46.5 Å². The summed E-state index contributed by atoms with van der Waals surface area (Å²) in [5.41, 5.74) is 3.35. The second-order valence-corrected chi connectivity index (χ2v) is 11.5. The smallest absolute Gasteiger partial charge is 0.335 e. The van der Waals surface area contributed by atoms with E-state index in [1.165, 1.54) is 31.2 Å². The molecule has 2 aliphatic heterocycles. The minimum Gasteiger partial charge on any atom is -0.494 e. The maximum absolute atomic E-state index is 11.5. The first kappa shape index (κ1) is 21.6. The van der Waals surface area contributed by atoms with E-state index in [0.29, 0.717) is 36.3 Å². The van der Waals surface area contributed by atoms with Gasteiger partial charge in [0.2, 0.25) is 0 Å². The summed E-state index contributed by atoms with van der Waals surface area (Å²) < 4.78 is 18.6. The van der Waals surface area contributed by atoms with E-state index in [9.17, 15) is 9.90 Å². The molecule has 1 N–H and O–H groups in total. The average molecular weight is 496 g/mol. The molecule has 2 saturated heterocycles. The molecule has 8 nitrogen and oxygen atoms in total. The fourth-order valence-corrected chi connectivity index (χ4v) is 7.14. The number of anilines is 1. The van der Waals surface area contributed by atoms with Crippen molar-refractivity contribution in [2.24, 2.45) is 0 Å². The lowest BCUT2D eigenvalue weighted by atomic mass is 10.00. The number of thiazole rings is 1. The van der Waals surface area contributed by atoms with Crippen LogP contribution >= 0.6 is 11.3 Å². The van der Waals surface area contributed by atoms with Crippen molar-refractivity contribution in [1.82, 2.24) is 10.1 Å². The quantitative estimate of drug-likeness (QED) is 0.440. The molecular weight excluding hydrogens is 466 g/mol. The fraction of sp³-hybridized carbons (Fsp3) is 0.577. The number of fused-ring (bicyclic) bond motifs is 3. The van der Waals surface area contributed by atoms with Gasteiger partial charge in [0.15, 0.2) is 5.13 Å². The second-order valence-electron chi connectivity index (χ2n) is 10.5. The molecule has 35 heavy (non-hydrogen) atoms. The third-order valence-electron chi connectivity index (χ3n) is 8.05. The van der Waals surface area contributed by atoms with Gasteiger partial charge in [-0.05, 0) is 63.5 Å². The van der Waals surface area contributed by atoms with Crippen LogP contribution in [0, 0.1) is 0 Å². The predicted molar refractivity (Wildman–Crippen MR) is 131 cm³/mol. The first-order valence-corrected chi connectivity index (χ1v) is 13.5. The molecule has 0 spiro atoms. The van der Waals surface area contributed by atoms with Crippen LogP contribution < -0.4 is 9.64 Å². The molecule has 0 amide bonds. The van der Waals surface area contributed by atoms with Gasteiger partial charge < -0.3 is 24.0 Å². The SMILES string of the molecule is COc1cc(C(=O)O)cc2sc(N3[C@H]4CC[C@H]3CC(OCc3c(C5CC5)noc3C3CC3)C4)nc12. The summed E-state index contributed by atoms with van der Waals surface area (Å²) in [6, 6.07) is 4.03. The van der Waals surface area contributed by atoms with Crippen LogP contribution in [0.25, 0.3) is 10.2 Å². The van der Waals surface area contributed by atoms with Crippen LogP contribution in [0.5, 0.6) is 5.75 Å². The molecule has 184 valence electrons. The van der Waals surface area contributed by atoms with Crippen LogP contribution in [0.2, 0.25) is 0 Å². The van der Waals surface area contributed by atoms with E-state index in [1.807, 2.05) is 0 Å². The highest BCUT2D eigenvalue weighted by Crippen LogP contribution is 2.48. The Morgan fingerprint density at radius 1 is 1.14 bits per heavy atom. The van der Waals surface area contributed by atoms with Crippen LogP contribution in [-0.2, 0) is 11.3 Å². The van der Waals surface area contributed by atoms with E-state index in [-0.39, 0.29) is 11.7 Å². The van der Waals surface area contributed by atoms with Crippen LogP contribution in [0.1, 0.15) is 90.6 Å². The predicted octanol–water partition coefficient (Wildman–Crippen LogP) is 5.46. The number of hydrogen-bond acceptors (Lipinski definition) is 8. The van der Waals surface area contributed by atoms with E-state index in [1.54, 1.807) is 30.6 Å². The van der Waals surface area contributed by atoms with Gasteiger partial charge in [-0.25, -0.2) is 9.78 Å². The van der Waals surface area contributed by atoms with Crippen molar-refractivity contribution in [2.75, 3.05) is 12.0 Å². The number of aromatic carboxylic acids is 1. The highest BCUT2D eigenvalue weighted by atomic mass is 32.1.